The maximum Gasteiger partial charge on any atom is 0.166 e. The molecule has 1 rings (SSSR count). The summed E-state index contributed by atoms with van der Waals surface area (Å²) in [6.45, 7) is 4.78. The molecule has 0 aromatic heterocycles. The molecule has 0 bridgehead atoms. The molecule has 4 heteroatoms. The van der Waals surface area contributed by atoms with Crippen molar-refractivity contribution in [1.82, 2.24) is 10.6 Å². The van der Waals surface area contributed by atoms with Crippen molar-refractivity contribution in [2.45, 2.75) is 32.2 Å². The second kappa shape index (κ2) is 6.16. The van der Waals surface area contributed by atoms with E-state index >= 15 is 0 Å². The quantitative estimate of drug-likeness (QED) is 0.527. The molecule has 1 atom stereocenters. The van der Waals surface area contributed by atoms with Crippen LogP contribution in [0.2, 0.25) is 0 Å². The van der Waals surface area contributed by atoms with Gasteiger partial charge in [-0.25, -0.2) is 0 Å². The summed E-state index contributed by atoms with van der Waals surface area (Å²) >= 11 is 5.13. The van der Waals surface area contributed by atoms with Crippen LogP contribution in [0.1, 0.15) is 26.2 Å². The molecule has 0 aromatic rings. The van der Waals surface area contributed by atoms with Crippen LogP contribution in [-0.4, -0.2) is 30.9 Å². The smallest absolute Gasteiger partial charge is 0.166 e. The van der Waals surface area contributed by atoms with Gasteiger partial charge in [-0.15, -0.1) is 0 Å². The van der Waals surface area contributed by atoms with Crippen molar-refractivity contribution in [3.8, 4) is 0 Å². The number of rotatable bonds is 4. The molecule has 0 saturated carbocycles. The predicted octanol–water partition coefficient (Wildman–Crippen LogP) is 1.04. The van der Waals surface area contributed by atoms with Crippen LogP contribution >= 0.6 is 12.2 Å². The van der Waals surface area contributed by atoms with Gasteiger partial charge in [-0.05, 0) is 25.1 Å². The zero-order valence-electron chi connectivity index (χ0n) is 8.14. The standard InChI is InChI=1S/C9H18N2OS/c1-2-3-5-10-9(13)11-8-4-6-12-7-8/h8H,2-7H2,1H3,(H2,10,11,13). The van der Waals surface area contributed by atoms with E-state index in [2.05, 4.69) is 17.6 Å². The second-order valence-corrected chi connectivity index (χ2v) is 3.72. The lowest BCUT2D eigenvalue weighted by atomic mass is 10.3. The van der Waals surface area contributed by atoms with Crippen LogP contribution in [0, 0.1) is 0 Å². The van der Waals surface area contributed by atoms with Gasteiger partial charge in [0.15, 0.2) is 5.11 Å². The number of hydrogen-bond donors (Lipinski definition) is 2. The number of thiocarbonyl (C=S) groups is 1. The van der Waals surface area contributed by atoms with Crippen LogP contribution in [0.4, 0.5) is 0 Å². The molecule has 0 spiro atoms. The summed E-state index contributed by atoms with van der Waals surface area (Å²) in [7, 11) is 0. The third-order valence-corrected chi connectivity index (χ3v) is 2.34. The first-order chi connectivity index (χ1) is 6.33. The van der Waals surface area contributed by atoms with Crippen molar-refractivity contribution >= 4 is 17.3 Å². The number of nitrogens with one attached hydrogen (secondary N) is 2. The Morgan fingerprint density at radius 3 is 3.08 bits per heavy atom. The van der Waals surface area contributed by atoms with Crippen molar-refractivity contribution in [2.24, 2.45) is 0 Å². The van der Waals surface area contributed by atoms with Crippen LogP contribution in [0.15, 0.2) is 0 Å². The van der Waals surface area contributed by atoms with Gasteiger partial charge in [0, 0.05) is 13.2 Å². The predicted molar refractivity (Wildman–Crippen MR) is 57.9 cm³/mol. The summed E-state index contributed by atoms with van der Waals surface area (Å²) in [4.78, 5) is 0. The van der Waals surface area contributed by atoms with Crippen molar-refractivity contribution in [2.75, 3.05) is 19.8 Å². The van der Waals surface area contributed by atoms with E-state index in [1.807, 2.05) is 0 Å². The zero-order valence-corrected chi connectivity index (χ0v) is 8.95. The molecular weight excluding hydrogens is 184 g/mol. The van der Waals surface area contributed by atoms with Crippen LogP contribution in [0.5, 0.6) is 0 Å². The SMILES string of the molecule is CCCCNC(=S)NC1CCOC1. The summed E-state index contributed by atoms with van der Waals surface area (Å²) in [6.07, 6.45) is 3.43. The van der Waals surface area contributed by atoms with Crippen LogP contribution in [-0.2, 0) is 4.74 Å². The van der Waals surface area contributed by atoms with Crippen molar-refractivity contribution in [3.63, 3.8) is 0 Å². The largest absolute Gasteiger partial charge is 0.379 e. The van der Waals surface area contributed by atoms with Gasteiger partial charge in [0.2, 0.25) is 0 Å². The number of hydrogen-bond acceptors (Lipinski definition) is 2. The van der Waals surface area contributed by atoms with Crippen LogP contribution in [0.25, 0.3) is 0 Å². The highest BCUT2D eigenvalue weighted by molar-refractivity contribution is 7.80. The lowest BCUT2D eigenvalue weighted by Gasteiger charge is -2.14. The monoisotopic (exact) mass is 202 g/mol. The fraction of sp³-hybridized carbons (Fsp3) is 0.889. The lowest BCUT2D eigenvalue weighted by molar-refractivity contribution is 0.192. The summed E-state index contributed by atoms with van der Waals surface area (Å²) in [6, 6.07) is 0.418. The van der Waals surface area contributed by atoms with E-state index in [4.69, 9.17) is 17.0 Å². The maximum atomic E-state index is 5.23. The van der Waals surface area contributed by atoms with Crippen molar-refractivity contribution < 1.29 is 4.74 Å². The molecule has 1 aliphatic rings. The highest BCUT2D eigenvalue weighted by Crippen LogP contribution is 2.02. The Hall–Kier alpha value is -0.350. The first-order valence-electron chi connectivity index (χ1n) is 4.95. The second-order valence-electron chi connectivity index (χ2n) is 3.31. The normalized spacial score (nSPS) is 21.5. The van der Waals surface area contributed by atoms with Gasteiger partial charge in [0.05, 0.1) is 12.6 Å². The van der Waals surface area contributed by atoms with Crippen molar-refractivity contribution in [1.29, 1.82) is 0 Å². The van der Waals surface area contributed by atoms with Gasteiger partial charge >= 0.3 is 0 Å². The topological polar surface area (TPSA) is 33.3 Å². The molecule has 1 fully saturated rings. The molecule has 0 amide bonds. The van der Waals surface area contributed by atoms with Gasteiger partial charge in [-0.1, -0.05) is 13.3 Å². The molecule has 76 valence electrons. The van der Waals surface area contributed by atoms with E-state index < -0.39 is 0 Å². The van der Waals surface area contributed by atoms with E-state index in [1.54, 1.807) is 0 Å². The number of unbranched alkanes of at least 4 members (excludes halogenated alkanes) is 1. The summed E-state index contributed by atoms with van der Waals surface area (Å²) in [5.74, 6) is 0. The van der Waals surface area contributed by atoms with E-state index in [9.17, 15) is 0 Å². The Balaban J connectivity index is 2.02. The highest BCUT2D eigenvalue weighted by Gasteiger charge is 2.15. The first-order valence-corrected chi connectivity index (χ1v) is 5.36. The minimum Gasteiger partial charge on any atom is -0.379 e. The molecule has 0 aromatic carbocycles. The Morgan fingerprint density at radius 2 is 2.46 bits per heavy atom. The van der Waals surface area contributed by atoms with Gasteiger partial charge < -0.3 is 15.4 Å². The molecule has 0 radical (unpaired) electrons. The molecule has 1 aliphatic heterocycles. The average molecular weight is 202 g/mol. The molecule has 1 unspecified atom stereocenters. The molecule has 1 saturated heterocycles. The molecule has 0 aliphatic carbocycles. The summed E-state index contributed by atoms with van der Waals surface area (Å²) < 4.78 is 5.23. The summed E-state index contributed by atoms with van der Waals surface area (Å²) in [5.41, 5.74) is 0. The average Bonchev–Trinajstić information content (AvgIpc) is 2.57. The van der Waals surface area contributed by atoms with E-state index in [-0.39, 0.29) is 0 Å². The third-order valence-electron chi connectivity index (χ3n) is 2.08. The minimum atomic E-state index is 0.418. The molecule has 1 heterocycles. The zero-order chi connectivity index (χ0) is 9.52. The molecular formula is C9H18N2OS. The van der Waals surface area contributed by atoms with Gasteiger partial charge in [0.1, 0.15) is 0 Å². The highest BCUT2D eigenvalue weighted by atomic mass is 32.1. The Kier molecular flexibility index (Phi) is 5.08. The van der Waals surface area contributed by atoms with Gasteiger partial charge in [-0.2, -0.15) is 0 Å². The number of ether oxygens (including phenoxy) is 1. The maximum absolute atomic E-state index is 5.23. The Morgan fingerprint density at radius 1 is 1.62 bits per heavy atom. The van der Waals surface area contributed by atoms with Gasteiger partial charge in [0.25, 0.3) is 0 Å². The van der Waals surface area contributed by atoms with E-state index in [0.29, 0.717) is 6.04 Å². The lowest BCUT2D eigenvalue weighted by Crippen LogP contribution is -2.42. The van der Waals surface area contributed by atoms with Gasteiger partial charge in [-0.3, -0.25) is 0 Å². The van der Waals surface area contributed by atoms with Crippen LogP contribution in [0.3, 0.4) is 0 Å². The van der Waals surface area contributed by atoms with Crippen LogP contribution < -0.4 is 10.6 Å². The minimum absolute atomic E-state index is 0.418. The molecule has 3 nitrogen and oxygen atoms in total. The van der Waals surface area contributed by atoms with E-state index in [1.165, 1.54) is 12.8 Å². The fourth-order valence-corrected chi connectivity index (χ4v) is 1.53. The Bertz CT molecular complexity index is 158. The summed E-state index contributed by atoms with van der Waals surface area (Å²) in [5, 5.41) is 7.18. The first kappa shape index (κ1) is 10.7. The molecule has 13 heavy (non-hydrogen) atoms. The van der Waals surface area contributed by atoms with Crippen molar-refractivity contribution in [3.05, 3.63) is 0 Å². The molecule has 2 N–H and O–H groups in total. The fourth-order valence-electron chi connectivity index (χ4n) is 1.26. The Labute approximate surface area is 85.2 Å². The van der Waals surface area contributed by atoms with E-state index in [0.717, 1.165) is 31.3 Å². The third kappa shape index (κ3) is 4.43.